The number of phenolic OH excluding ortho intramolecular Hbond substituents is 1. The average molecular weight is 723 g/mol. The Balaban J connectivity index is 1.13. The van der Waals surface area contributed by atoms with E-state index in [9.17, 15) is 24.3 Å². The highest BCUT2D eigenvalue weighted by atomic mass is 35.5. The minimum Gasteiger partial charge on any atom is -0.508 e. The van der Waals surface area contributed by atoms with Gasteiger partial charge in [0.2, 0.25) is 23.6 Å². The lowest BCUT2D eigenvalue weighted by Crippen LogP contribution is -2.49. The molecule has 0 radical (unpaired) electrons. The molecule has 2 aromatic heterocycles. The van der Waals surface area contributed by atoms with Crippen molar-refractivity contribution in [3.8, 4) is 16.3 Å². The minimum absolute atomic E-state index is 0.0691. The molecule has 3 aliphatic carbocycles. The van der Waals surface area contributed by atoms with Crippen molar-refractivity contribution in [1.82, 2.24) is 14.7 Å². The second kappa shape index (κ2) is 11.6. The zero-order valence-electron chi connectivity index (χ0n) is 28.8. The Hall–Kier alpha value is -4.28. The van der Waals surface area contributed by atoms with E-state index in [1.54, 1.807) is 40.1 Å². The van der Waals surface area contributed by atoms with E-state index >= 15 is 0 Å². The molecule has 0 bridgehead atoms. The fourth-order valence-corrected chi connectivity index (χ4v) is 11.5. The number of hydrogen-bond acceptors (Lipinski definition) is 7. The van der Waals surface area contributed by atoms with Crippen molar-refractivity contribution in [2.45, 2.75) is 70.8 Å². The number of imide groups is 2. The summed E-state index contributed by atoms with van der Waals surface area (Å²) < 4.78 is 2.67. The zero-order valence-corrected chi connectivity index (χ0v) is 30.3. The summed E-state index contributed by atoms with van der Waals surface area (Å²) in [6.45, 7) is 3.90. The molecule has 2 saturated heterocycles. The topological polar surface area (TPSA) is 113 Å². The number of likely N-dealkylation sites (tertiary alicyclic amines) is 1. The summed E-state index contributed by atoms with van der Waals surface area (Å²) in [6, 6.07) is 14.4. The van der Waals surface area contributed by atoms with Gasteiger partial charge in [-0.1, -0.05) is 54.6 Å². The zero-order chi connectivity index (χ0) is 35.5. The van der Waals surface area contributed by atoms with Crippen LogP contribution >= 0.6 is 22.9 Å². The number of rotatable bonds is 4. The molecule has 2 aromatic carbocycles. The second-order valence-corrected chi connectivity index (χ2v) is 16.8. The van der Waals surface area contributed by atoms with Gasteiger partial charge in [-0.15, -0.1) is 11.3 Å². The number of hydrogen-bond donors (Lipinski definition) is 1. The van der Waals surface area contributed by atoms with Crippen molar-refractivity contribution in [3.05, 3.63) is 76.3 Å². The van der Waals surface area contributed by atoms with Gasteiger partial charge in [0, 0.05) is 34.8 Å². The Morgan fingerprint density at radius 2 is 1.69 bits per heavy atom. The lowest BCUT2D eigenvalue weighted by atomic mass is 9.51. The maximum Gasteiger partial charge on any atom is 0.242 e. The number of anilines is 1. The van der Waals surface area contributed by atoms with Gasteiger partial charge in [-0.25, -0.2) is 4.90 Å². The maximum absolute atomic E-state index is 15.0. The van der Waals surface area contributed by atoms with Crippen molar-refractivity contribution in [2.75, 3.05) is 4.90 Å². The number of carbonyl (C=O) groups excluding carboxylic acids is 4. The Bertz CT molecular complexity index is 2200. The van der Waals surface area contributed by atoms with E-state index in [0.717, 1.165) is 63.8 Å². The normalized spacial score (nSPS) is 29.5. The number of nitrogens with zero attached hydrogens (tertiary/aromatic N) is 4. The van der Waals surface area contributed by atoms with Crippen LogP contribution in [-0.2, 0) is 26.2 Å². The van der Waals surface area contributed by atoms with Crippen LogP contribution in [0.3, 0.4) is 0 Å². The number of thiophene rings is 1. The Labute approximate surface area is 304 Å². The molecule has 4 heterocycles. The number of allylic oxidation sites excluding steroid dienone is 2. The van der Waals surface area contributed by atoms with Gasteiger partial charge in [0.25, 0.3) is 0 Å². The van der Waals surface area contributed by atoms with Gasteiger partial charge in [0.15, 0.2) is 0 Å². The Morgan fingerprint density at radius 3 is 2.43 bits per heavy atom. The summed E-state index contributed by atoms with van der Waals surface area (Å²) in [4.78, 5) is 61.9. The standard InChI is InChI=1S/C40H39ClN4O5S/c1-20-27-17-22(41)11-16-31(27)51-35(20)30-19-32(43(3)42-30)45-37(48)29-18-28-25(34(40(29,2)39(45)50)21-9-12-24(46)13-10-21)14-15-26-33(28)38(49)44(36(26)47)23-7-5-4-6-8-23/h9-14,16-17,19,23,26,28-29,33-34,46H,4-8,15,18H2,1-3H3/t26-,28+,29-,33-,34-,40+/m0/s1. The predicted octanol–water partition coefficient (Wildman–Crippen LogP) is 7.53. The van der Waals surface area contributed by atoms with Crippen LogP contribution < -0.4 is 4.90 Å². The molecule has 262 valence electrons. The van der Waals surface area contributed by atoms with Gasteiger partial charge in [0.1, 0.15) is 17.3 Å². The first-order valence-corrected chi connectivity index (χ1v) is 19.2. The molecule has 0 unspecified atom stereocenters. The van der Waals surface area contributed by atoms with Crippen LogP contribution in [0.1, 0.15) is 68.9 Å². The first-order chi connectivity index (χ1) is 24.5. The number of aromatic hydroxyl groups is 1. The summed E-state index contributed by atoms with van der Waals surface area (Å²) in [5.41, 5.74) is 2.25. The largest absolute Gasteiger partial charge is 0.508 e. The molecule has 9 nitrogen and oxygen atoms in total. The predicted molar refractivity (Wildman–Crippen MR) is 195 cm³/mol. The molecular formula is C40H39ClN4O5S. The molecule has 11 heteroatoms. The van der Waals surface area contributed by atoms with E-state index < -0.39 is 29.1 Å². The van der Waals surface area contributed by atoms with E-state index in [-0.39, 0.29) is 41.3 Å². The summed E-state index contributed by atoms with van der Waals surface area (Å²) >= 11 is 7.90. The first-order valence-electron chi connectivity index (χ1n) is 18.0. The quantitative estimate of drug-likeness (QED) is 0.172. The van der Waals surface area contributed by atoms with Gasteiger partial charge in [-0.05, 0) is 92.3 Å². The van der Waals surface area contributed by atoms with Crippen molar-refractivity contribution >= 4 is 62.5 Å². The molecule has 4 fully saturated rings. The Kier molecular flexibility index (Phi) is 7.43. The smallest absolute Gasteiger partial charge is 0.242 e. The van der Waals surface area contributed by atoms with E-state index in [0.29, 0.717) is 29.4 Å². The molecule has 2 saturated carbocycles. The van der Waals surface area contributed by atoms with Crippen LogP contribution in [0.4, 0.5) is 5.82 Å². The van der Waals surface area contributed by atoms with Crippen molar-refractivity contribution in [1.29, 1.82) is 0 Å². The van der Waals surface area contributed by atoms with Crippen LogP contribution in [0.5, 0.6) is 5.75 Å². The van der Waals surface area contributed by atoms with Gasteiger partial charge in [-0.3, -0.25) is 28.8 Å². The number of aromatic nitrogens is 2. The summed E-state index contributed by atoms with van der Waals surface area (Å²) in [7, 11) is 1.75. The molecule has 51 heavy (non-hydrogen) atoms. The Morgan fingerprint density at radius 1 is 0.941 bits per heavy atom. The lowest BCUT2D eigenvalue weighted by Gasteiger charge is -2.49. The molecule has 4 amide bonds. The molecule has 6 atom stereocenters. The van der Waals surface area contributed by atoms with Gasteiger partial charge < -0.3 is 5.11 Å². The fraction of sp³-hybridized carbons (Fsp3) is 0.425. The number of amides is 4. The number of phenols is 1. The average Bonchev–Trinajstić information content (AvgIpc) is 3.79. The van der Waals surface area contributed by atoms with E-state index in [1.165, 1.54) is 4.90 Å². The fourth-order valence-electron chi connectivity index (χ4n) is 10.2. The molecular weight excluding hydrogens is 684 g/mol. The monoisotopic (exact) mass is 722 g/mol. The molecule has 2 aliphatic heterocycles. The second-order valence-electron chi connectivity index (χ2n) is 15.3. The first kappa shape index (κ1) is 32.6. The van der Waals surface area contributed by atoms with Crippen LogP contribution in [0.25, 0.3) is 20.7 Å². The highest BCUT2D eigenvalue weighted by molar-refractivity contribution is 7.22. The van der Waals surface area contributed by atoms with E-state index in [4.69, 9.17) is 16.7 Å². The highest BCUT2D eigenvalue weighted by Gasteiger charge is 2.68. The van der Waals surface area contributed by atoms with Crippen LogP contribution in [0.2, 0.25) is 5.02 Å². The number of halogens is 1. The van der Waals surface area contributed by atoms with Gasteiger partial charge in [-0.2, -0.15) is 5.10 Å². The molecule has 0 spiro atoms. The molecule has 5 aliphatic rings. The van der Waals surface area contributed by atoms with Crippen molar-refractivity contribution in [2.24, 2.45) is 36.1 Å². The summed E-state index contributed by atoms with van der Waals surface area (Å²) in [5, 5.41) is 16.7. The van der Waals surface area contributed by atoms with Gasteiger partial charge >= 0.3 is 0 Å². The lowest BCUT2D eigenvalue weighted by molar-refractivity contribution is -0.144. The minimum atomic E-state index is -1.17. The third-order valence-electron chi connectivity index (χ3n) is 12.7. The number of fused-ring (bicyclic) bond motifs is 5. The molecule has 4 aromatic rings. The SMILES string of the molecule is Cc1c(-c2cc(N3C(=O)[C@@H]4C[C@@H]5C(=CC[C@@H]6C(=O)N(C7CCCCC7)C(=O)[C@@H]65)[C@H](c5ccc(O)cc5)[C@]4(C)C3=O)n(C)n2)sc2ccc(Cl)cc12. The number of aryl methyl sites for hydroxylation is 2. The third-order valence-corrected chi connectivity index (χ3v) is 14.2. The van der Waals surface area contributed by atoms with Gasteiger partial charge in [0.05, 0.1) is 28.0 Å². The highest BCUT2D eigenvalue weighted by Crippen LogP contribution is 2.64. The third kappa shape index (κ3) is 4.61. The summed E-state index contributed by atoms with van der Waals surface area (Å²) in [5.74, 6) is -3.00. The number of carbonyl (C=O) groups is 4. The van der Waals surface area contributed by atoms with E-state index in [2.05, 4.69) is 6.08 Å². The summed E-state index contributed by atoms with van der Waals surface area (Å²) in [6.07, 6.45) is 7.61. The maximum atomic E-state index is 15.0. The molecule has 9 rings (SSSR count). The van der Waals surface area contributed by atoms with Crippen molar-refractivity contribution < 1.29 is 24.3 Å². The van der Waals surface area contributed by atoms with Crippen LogP contribution in [0.15, 0.2) is 60.2 Å². The molecule has 1 N–H and O–H groups in total. The van der Waals surface area contributed by atoms with Crippen molar-refractivity contribution in [3.63, 3.8) is 0 Å². The van der Waals surface area contributed by atoms with Crippen LogP contribution in [-0.4, -0.2) is 49.5 Å². The number of benzene rings is 2. The van der Waals surface area contributed by atoms with E-state index in [1.807, 2.05) is 50.2 Å². The van der Waals surface area contributed by atoms with Crippen LogP contribution in [0, 0.1) is 36.0 Å².